The summed E-state index contributed by atoms with van der Waals surface area (Å²) in [5.41, 5.74) is 5.08. The molecule has 0 saturated carbocycles. The minimum atomic E-state index is -0.262. The summed E-state index contributed by atoms with van der Waals surface area (Å²) in [5.74, 6) is 6.14. The summed E-state index contributed by atoms with van der Waals surface area (Å²) in [4.78, 5) is 4.18. The first-order valence-electron chi connectivity index (χ1n) is 6.95. The molecule has 0 saturated heterocycles. The third kappa shape index (κ3) is 3.77. The predicted molar refractivity (Wildman–Crippen MR) is 80.3 cm³/mol. The predicted octanol–water partition coefficient (Wildman–Crippen LogP) is 2.87. The summed E-state index contributed by atoms with van der Waals surface area (Å²) in [6.45, 7) is 4.41. The van der Waals surface area contributed by atoms with Gasteiger partial charge in [-0.2, -0.15) is 0 Å². The van der Waals surface area contributed by atoms with E-state index in [1.807, 2.05) is 13.0 Å². The molecule has 112 valence electrons. The van der Waals surface area contributed by atoms with Crippen LogP contribution in [0.5, 0.6) is 5.75 Å². The maximum atomic E-state index is 13.4. The first kappa shape index (κ1) is 15.4. The highest BCUT2D eigenvalue weighted by atomic mass is 19.1. The molecule has 1 aromatic heterocycles. The van der Waals surface area contributed by atoms with E-state index in [0.717, 1.165) is 17.5 Å². The van der Waals surface area contributed by atoms with Crippen molar-refractivity contribution < 1.29 is 9.13 Å². The van der Waals surface area contributed by atoms with Crippen molar-refractivity contribution in [3.8, 4) is 5.75 Å². The highest BCUT2D eigenvalue weighted by Gasteiger charge is 2.14. The summed E-state index contributed by atoms with van der Waals surface area (Å²) in [5, 5.41) is 0. The van der Waals surface area contributed by atoms with Crippen LogP contribution in [0.25, 0.3) is 0 Å². The highest BCUT2D eigenvalue weighted by molar-refractivity contribution is 5.36. The number of nitrogens with one attached hydrogen (secondary N) is 1. The van der Waals surface area contributed by atoms with Crippen molar-refractivity contribution in [3.05, 3.63) is 59.2 Å². The molecular weight excluding hydrogens is 269 g/mol. The number of hydrogen-bond acceptors (Lipinski definition) is 4. The molecule has 0 spiro atoms. The zero-order valence-corrected chi connectivity index (χ0v) is 12.3. The Kier molecular flexibility index (Phi) is 5.25. The van der Waals surface area contributed by atoms with E-state index in [-0.39, 0.29) is 11.9 Å². The number of halogens is 1. The number of nitrogens with two attached hydrogens (primary N) is 1. The van der Waals surface area contributed by atoms with Crippen molar-refractivity contribution in [1.29, 1.82) is 0 Å². The molecule has 2 aromatic rings. The number of ether oxygens (including phenoxy) is 1. The number of hydrazine groups is 1. The smallest absolute Gasteiger partial charge is 0.137 e. The molecule has 5 heteroatoms. The van der Waals surface area contributed by atoms with Crippen LogP contribution in [0.2, 0.25) is 0 Å². The van der Waals surface area contributed by atoms with Gasteiger partial charge >= 0.3 is 0 Å². The van der Waals surface area contributed by atoms with E-state index in [9.17, 15) is 4.39 Å². The normalized spacial score (nSPS) is 12.2. The van der Waals surface area contributed by atoms with E-state index in [1.54, 1.807) is 31.5 Å². The number of nitrogens with zero attached hydrogens (tertiary/aromatic N) is 1. The van der Waals surface area contributed by atoms with Gasteiger partial charge in [0.2, 0.25) is 0 Å². The van der Waals surface area contributed by atoms with E-state index in [2.05, 4.69) is 10.4 Å². The van der Waals surface area contributed by atoms with Crippen molar-refractivity contribution in [1.82, 2.24) is 10.4 Å². The van der Waals surface area contributed by atoms with Gasteiger partial charge in [0, 0.05) is 6.20 Å². The van der Waals surface area contributed by atoms with E-state index in [0.29, 0.717) is 17.9 Å². The van der Waals surface area contributed by atoms with Gasteiger partial charge in [-0.3, -0.25) is 10.8 Å². The number of aryl methyl sites for hydroxylation is 1. The summed E-state index contributed by atoms with van der Waals surface area (Å²) in [7, 11) is 0. The largest absolute Gasteiger partial charge is 0.492 e. The second-order valence-corrected chi connectivity index (χ2v) is 4.91. The summed E-state index contributed by atoms with van der Waals surface area (Å²) >= 11 is 0. The van der Waals surface area contributed by atoms with Crippen molar-refractivity contribution in [2.24, 2.45) is 5.84 Å². The van der Waals surface area contributed by atoms with E-state index < -0.39 is 0 Å². The van der Waals surface area contributed by atoms with E-state index in [4.69, 9.17) is 10.6 Å². The fourth-order valence-corrected chi connectivity index (χ4v) is 2.12. The maximum Gasteiger partial charge on any atom is 0.137 e. The van der Waals surface area contributed by atoms with Crippen molar-refractivity contribution in [2.75, 3.05) is 6.61 Å². The minimum Gasteiger partial charge on any atom is -0.492 e. The highest BCUT2D eigenvalue weighted by Crippen LogP contribution is 2.25. The van der Waals surface area contributed by atoms with Crippen LogP contribution in [0, 0.1) is 12.7 Å². The molecule has 1 atom stereocenters. The lowest BCUT2D eigenvalue weighted by Crippen LogP contribution is -2.29. The van der Waals surface area contributed by atoms with Gasteiger partial charge in [0.15, 0.2) is 0 Å². The number of benzene rings is 1. The summed E-state index contributed by atoms with van der Waals surface area (Å²) in [6, 6.07) is 6.57. The number of rotatable bonds is 6. The second-order valence-electron chi connectivity index (χ2n) is 4.91. The lowest BCUT2D eigenvalue weighted by atomic mass is 9.99. The fraction of sp³-hybridized carbons (Fsp3) is 0.312. The summed E-state index contributed by atoms with van der Waals surface area (Å²) in [6.07, 6.45) is 4.32. The van der Waals surface area contributed by atoms with Crippen LogP contribution in [-0.2, 0) is 0 Å². The monoisotopic (exact) mass is 289 g/mol. The lowest BCUT2D eigenvalue weighted by molar-refractivity contribution is 0.315. The van der Waals surface area contributed by atoms with Gasteiger partial charge < -0.3 is 4.74 Å². The van der Waals surface area contributed by atoms with Crippen molar-refractivity contribution in [2.45, 2.75) is 26.3 Å². The molecule has 0 radical (unpaired) electrons. The van der Waals surface area contributed by atoms with E-state index >= 15 is 0 Å². The Morgan fingerprint density at radius 3 is 2.76 bits per heavy atom. The number of hydrogen-bond donors (Lipinski definition) is 2. The fourth-order valence-electron chi connectivity index (χ4n) is 2.12. The van der Waals surface area contributed by atoms with Crippen LogP contribution >= 0.6 is 0 Å². The topological polar surface area (TPSA) is 60.2 Å². The van der Waals surface area contributed by atoms with Gasteiger partial charge in [0.1, 0.15) is 11.6 Å². The van der Waals surface area contributed by atoms with Crippen molar-refractivity contribution in [3.63, 3.8) is 0 Å². The third-order valence-corrected chi connectivity index (χ3v) is 3.22. The molecule has 0 aliphatic heterocycles. The molecule has 1 unspecified atom stereocenters. The zero-order valence-electron chi connectivity index (χ0n) is 12.3. The van der Waals surface area contributed by atoms with Crippen LogP contribution in [0.4, 0.5) is 4.39 Å². The number of aromatic nitrogens is 1. The Balaban J connectivity index is 2.30. The van der Waals surface area contributed by atoms with Gasteiger partial charge in [-0.05, 0) is 42.2 Å². The molecule has 1 aromatic carbocycles. The molecule has 0 amide bonds. The van der Waals surface area contributed by atoms with Gasteiger partial charge in [-0.25, -0.2) is 9.82 Å². The molecule has 0 fully saturated rings. The summed E-state index contributed by atoms with van der Waals surface area (Å²) < 4.78 is 19.0. The molecule has 21 heavy (non-hydrogen) atoms. The van der Waals surface area contributed by atoms with Crippen LogP contribution in [-0.4, -0.2) is 11.6 Å². The quantitative estimate of drug-likeness (QED) is 0.634. The Labute approximate surface area is 124 Å². The molecule has 4 nitrogen and oxygen atoms in total. The van der Waals surface area contributed by atoms with Crippen LogP contribution < -0.4 is 16.0 Å². The molecule has 3 N–H and O–H groups in total. The second kappa shape index (κ2) is 7.15. The molecule has 0 aliphatic carbocycles. The van der Waals surface area contributed by atoms with Gasteiger partial charge in [-0.1, -0.05) is 19.1 Å². The van der Waals surface area contributed by atoms with Crippen molar-refractivity contribution >= 4 is 0 Å². The Morgan fingerprint density at radius 2 is 2.10 bits per heavy atom. The third-order valence-electron chi connectivity index (χ3n) is 3.22. The maximum absolute atomic E-state index is 13.4. The van der Waals surface area contributed by atoms with Gasteiger partial charge in [0.25, 0.3) is 0 Å². The van der Waals surface area contributed by atoms with Gasteiger partial charge in [-0.15, -0.1) is 0 Å². The van der Waals surface area contributed by atoms with Crippen LogP contribution in [0.3, 0.4) is 0 Å². The average molecular weight is 289 g/mol. The minimum absolute atomic E-state index is 0.229. The SMILES string of the molecule is CCCOc1cncc(C(NN)c2ccc(F)c(C)c2)c1. The zero-order chi connectivity index (χ0) is 15.2. The molecule has 0 bridgehead atoms. The first-order chi connectivity index (χ1) is 10.2. The Hall–Kier alpha value is -1.98. The Bertz CT molecular complexity index is 604. The average Bonchev–Trinajstić information content (AvgIpc) is 2.50. The first-order valence-corrected chi connectivity index (χ1v) is 6.95. The van der Waals surface area contributed by atoms with E-state index in [1.165, 1.54) is 6.07 Å². The van der Waals surface area contributed by atoms with Crippen LogP contribution in [0.1, 0.15) is 36.1 Å². The lowest BCUT2D eigenvalue weighted by Gasteiger charge is -2.18. The molecule has 1 heterocycles. The van der Waals surface area contributed by atoms with Gasteiger partial charge in [0.05, 0.1) is 18.8 Å². The molecule has 2 rings (SSSR count). The van der Waals surface area contributed by atoms with Crippen LogP contribution in [0.15, 0.2) is 36.7 Å². The molecule has 0 aliphatic rings. The number of pyridine rings is 1. The molecular formula is C16H20FN3O. The Morgan fingerprint density at radius 1 is 1.29 bits per heavy atom. The standard InChI is InChI=1S/C16H20FN3O/c1-3-6-21-14-8-13(9-19-10-14)16(20-18)12-4-5-15(17)11(2)7-12/h4-5,7-10,16,20H,3,6,18H2,1-2H3.